The minimum Gasteiger partial charge on any atom is -0.342 e. The number of fused-ring (bicyclic) bond motifs is 1. The Hall–Kier alpha value is -3.12. The van der Waals surface area contributed by atoms with Gasteiger partial charge in [-0.05, 0) is 35.9 Å². The van der Waals surface area contributed by atoms with Crippen molar-refractivity contribution in [2.45, 2.75) is 6.54 Å². The standard InChI is InChI=1S/C18H12ClN3O3/c19-14-4-1-11(2-5-14)8-22-9-13(10-23)15-7-12(3-6-16(15)22)17-20-18(24)25-21-17/h1-7,9-10H,8H2,(H,20,21,24). The lowest BCUT2D eigenvalue weighted by molar-refractivity contribution is 0.112. The maximum absolute atomic E-state index is 11.5. The van der Waals surface area contributed by atoms with Crippen LogP contribution in [0.4, 0.5) is 0 Å². The van der Waals surface area contributed by atoms with E-state index in [0.29, 0.717) is 28.5 Å². The molecule has 2 aromatic carbocycles. The molecule has 0 aliphatic rings. The van der Waals surface area contributed by atoms with Gasteiger partial charge in [0.25, 0.3) is 0 Å². The maximum Gasteiger partial charge on any atom is 0.439 e. The Balaban J connectivity index is 1.79. The van der Waals surface area contributed by atoms with E-state index in [1.807, 2.05) is 53.2 Å². The smallest absolute Gasteiger partial charge is 0.342 e. The van der Waals surface area contributed by atoms with Gasteiger partial charge in [0.05, 0.1) is 0 Å². The van der Waals surface area contributed by atoms with E-state index in [0.717, 1.165) is 22.8 Å². The molecule has 0 atom stereocenters. The zero-order valence-electron chi connectivity index (χ0n) is 12.9. The number of carbonyl (C=O) groups is 1. The number of benzene rings is 2. The lowest BCUT2D eigenvalue weighted by atomic mass is 10.1. The van der Waals surface area contributed by atoms with Crippen LogP contribution >= 0.6 is 11.6 Å². The summed E-state index contributed by atoms with van der Waals surface area (Å²) in [7, 11) is 0. The maximum atomic E-state index is 11.5. The second-order valence-corrected chi connectivity index (χ2v) is 6.07. The van der Waals surface area contributed by atoms with Crippen molar-refractivity contribution in [3.8, 4) is 11.4 Å². The third-order valence-corrected chi connectivity index (χ3v) is 4.27. The highest BCUT2D eigenvalue weighted by molar-refractivity contribution is 6.30. The summed E-state index contributed by atoms with van der Waals surface area (Å²) in [4.78, 5) is 25.1. The molecule has 2 heterocycles. The molecular formula is C18H12ClN3O3. The number of hydrogen-bond acceptors (Lipinski definition) is 4. The van der Waals surface area contributed by atoms with Gasteiger partial charge in [-0.1, -0.05) is 28.9 Å². The summed E-state index contributed by atoms with van der Waals surface area (Å²) in [6, 6.07) is 13.1. The molecule has 124 valence electrons. The molecule has 0 saturated carbocycles. The predicted octanol–water partition coefficient (Wildman–Crippen LogP) is 3.50. The van der Waals surface area contributed by atoms with Gasteiger partial charge in [-0.2, -0.15) is 0 Å². The van der Waals surface area contributed by atoms with Gasteiger partial charge in [-0.25, -0.2) is 4.79 Å². The van der Waals surface area contributed by atoms with Gasteiger partial charge in [0, 0.05) is 39.8 Å². The molecule has 0 unspecified atom stereocenters. The fourth-order valence-corrected chi connectivity index (χ4v) is 2.96. The van der Waals surface area contributed by atoms with Gasteiger partial charge in [0.2, 0.25) is 0 Å². The molecule has 7 heteroatoms. The monoisotopic (exact) mass is 353 g/mol. The third-order valence-electron chi connectivity index (χ3n) is 4.02. The van der Waals surface area contributed by atoms with Gasteiger partial charge >= 0.3 is 5.76 Å². The first-order chi connectivity index (χ1) is 12.1. The SMILES string of the molecule is O=Cc1cn(Cc2ccc(Cl)cc2)c2ccc(-c3noc(=O)[nH]3)cc12. The lowest BCUT2D eigenvalue weighted by Crippen LogP contribution is -1.97. The van der Waals surface area contributed by atoms with Crippen molar-refractivity contribution in [3.63, 3.8) is 0 Å². The quantitative estimate of drug-likeness (QED) is 0.569. The van der Waals surface area contributed by atoms with E-state index in [1.54, 1.807) is 0 Å². The average molecular weight is 354 g/mol. The predicted molar refractivity (Wildman–Crippen MR) is 94.0 cm³/mol. The Labute approximate surface area is 146 Å². The fourth-order valence-electron chi connectivity index (χ4n) is 2.84. The van der Waals surface area contributed by atoms with E-state index in [2.05, 4.69) is 14.7 Å². The number of rotatable bonds is 4. The van der Waals surface area contributed by atoms with Crippen LogP contribution in [-0.4, -0.2) is 21.0 Å². The van der Waals surface area contributed by atoms with Crippen LogP contribution in [0.5, 0.6) is 0 Å². The van der Waals surface area contributed by atoms with Crippen molar-refractivity contribution in [2.75, 3.05) is 0 Å². The van der Waals surface area contributed by atoms with E-state index in [9.17, 15) is 9.59 Å². The van der Waals surface area contributed by atoms with Crippen molar-refractivity contribution < 1.29 is 9.32 Å². The van der Waals surface area contributed by atoms with E-state index < -0.39 is 5.76 Å². The zero-order chi connectivity index (χ0) is 17.4. The Bertz CT molecular complexity index is 1120. The first kappa shape index (κ1) is 15.4. The van der Waals surface area contributed by atoms with Crippen molar-refractivity contribution >= 4 is 28.8 Å². The van der Waals surface area contributed by atoms with Crippen molar-refractivity contribution in [3.05, 3.63) is 75.4 Å². The van der Waals surface area contributed by atoms with Crippen LogP contribution in [0.1, 0.15) is 15.9 Å². The highest BCUT2D eigenvalue weighted by Gasteiger charge is 2.12. The lowest BCUT2D eigenvalue weighted by Gasteiger charge is -2.06. The summed E-state index contributed by atoms with van der Waals surface area (Å²) in [6.45, 7) is 0.613. The molecule has 0 bridgehead atoms. The van der Waals surface area contributed by atoms with Crippen LogP contribution in [0.3, 0.4) is 0 Å². The van der Waals surface area contributed by atoms with Crippen molar-refractivity contribution in [2.24, 2.45) is 0 Å². The Morgan fingerprint density at radius 1 is 1.20 bits per heavy atom. The van der Waals surface area contributed by atoms with Crippen LogP contribution in [-0.2, 0) is 6.54 Å². The highest BCUT2D eigenvalue weighted by atomic mass is 35.5. The van der Waals surface area contributed by atoms with Crippen LogP contribution in [0.2, 0.25) is 5.02 Å². The van der Waals surface area contributed by atoms with E-state index in [-0.39, 0.29) is 0 Å². The van der Waals surface area contributed by atoms with Gasteiger partial charge in [-0.3, -0.25) is 14.3 Å². The van der Waals surface area contributed by atoms with Gasteiger partial charge in [-0.15, -0.1) is 0 Å². The van der Waals surface area contributed by atoms with E-state index >= 15 is 0 Å². The first-order valence-corrected chi connectivity index (χ1v) is 7.91. The highest BCUT2D eigenvalue weighted by Crippen LogP contribution is 2.26. The number of aromatic nitrogens is 3. The molecule has 0 aliphatic heterocycles. The largest absolute Gasteiger partial charge is 0.439 e. The number of H-pyrrole nitrogens is 1. The topological polar surface area (TPSA) is 80.9 Å². The molecule has 0 fully saturated rings. The molecule has 0 radical (unpaired) electrons. The Morgan fingerprint density at radius 2 is 2.00 bits per heavy atom. The fraction of sp³-hybridized carbons (Fsp3) is 0.0556. The Kier molecular flexibility index (Phi) is 3.74. The van der Waals surface area contributed by atoms with Crippen LogP contribution in [0, 0.1) is 0 Å². The van der Waals surface area contributed by atoms with Crippen LogP contribution in [0.15, 0.2) is 58.0 Å². The molecule has 6 nitrogen and oxygen atoms in total. The number of carbonyl (C=O) groups excluding carboxylic acids is 1. The first-order valence-electron chi connectivity index (χ1n) is 7.53. The molecule has 0 saturated heterocycles. The number of nitrogens with one attached hydrogen (secondary N) is 1. The summed E-state index contributed by atoms with van der Waals surface area (Å²) in [5.74, 6) is -0.291. The van der Waals surface area contributed by atoms with Crippen molar-refractivity contribution in [1.29, 1.82) is 0 Å². The molecule has 25 heavy (non-hydrogen) atoms. The van der Waals surface area contributed by atoms with Crippen LogP contribution in [0.25, 0.3) is 22.3 Å². The number of hydrogen-bond donors (Lipinski definition) is 1. The number of halogens is 1. The molecule has 0 amide bonds. The van der Waals surface area contributed by atoms with Crippen molar-refractivity contribution in [1.82, 2.24) is 14.7 Å². The average Bonchev–Trinajstić information content (AvgIpc) is 3.20. The zero-order valence-corrected chi connectivity index (χ0v) is 13.7. The van der Waals surface area contributed by atoms with Gasteiger partial charge < -0.3 is 4.57 Å². The second kappa shape index (κ2) is 6.07. The summed E-state index contributed by atoms with van der Waals surface area (Å²) in [5.41, 5.74) is 3.22. The molecule has 1 N–H and O–H groups in total. The molecule has 4 aromatic rings. The number of nitrogens with zero attached hydrogens (tertiary/aromatic N) is 2. The minimum absolute atomic E-state index is 0.328. The summed E-state index contributed by atoms with van der Waals surface area (Å²) in [5, 5.41) is 5.14. The van der Waals surface area contributed by atoms with Crippen LogP contribution < -0.4 is 5.76 Å². The molecular weight excluding hydrogens is 342 g/mol. The van der Waals surface area contributed by atoms with Gasteiger partial charge in [0.15, 0.2) is 12.1 Å². The summed E-state index contributed by atoms with van der Waals surface area (Å²) in [6.07, 6.45) is 2.62. The Morgan fingerprint density at radius 3 is 2.68 bits per heavy atom. The normalized spacial score (nSPS) is 11.1. The minimum atomic E-state index is -0.619. The summed E-state index contributed by atoms with van der Waals surface area (Å²) < 4.78 is 6.53. The number of aromatic amines is 1. The number of aldehydes is 1. The second-order valence-electron chi connectivity index (χ2n) is 5.63. The molecule has 2 aromatic heterocycles. The molecule has 4 rings (SSSR count). The molecule has 0 spiro atoms. The van der Waals surface area contributed by atoms with E-state index in [4.69, 9.17) is 11.6 Å². The molecule has 0 aliphatic carbocycles. The third kappa shape index (κ3) is 2.88. The summed E-state index contributed by atoms with van der Waals surface area (Å²) >= 11 is 5.92. The van der Waals surface area contributed by atoms with Gasteiger partial charge in [0.1, 0.15) is 0 Å². The van der Waals surface area contributed by atoms with E-state index in [1.165, 1.54) is 0 Å².